The van der Waals surface area contributed by atoms with Crippen molar-refractivity contribution in [1.29, 1.82) is 10.5 Å². The van der Waals surface area contributed by atoms with E-state index in [1.807, 2.05) is 41.5 Å². The van der Waals surface area contributed by atoms with Gasteiger partial charge in [-0.2, -0.15) is 20.8 Å². The SMILES string of the molecule is COC(C)(C)C(C)C(C)(C#N)N=NC(C)(C#N)C(C)C(C)(C)OC. The van der Waals surface area contributed by atoms with Crippen molar-refractivity contribution >= 4 is 0 Å². The van der Waals surface area contributed by atoms with Gasteiger partial charge in [-0.15, -0.1) is 0 Å². The zero-order valence-corrected chi connectivity index (χ0v) is 16.8. The molecule has 4 unspecified atom stereocenters. The van der Waals surface area contributed by atoms with Crippen LogP contribution in [0.5, 0.6) is 0 Å². The number of nitriles is 2. The van der Waals surface area contributed by atoms with Crippen LogP contribution in [0.3, 0.4) is 0 Å². The first kappa shape index (κ1) is 22.5. The Kier molecular flexibility index (Phi) is 7.12. The lowest BCUT2D eigenvalue weighted by molar-refractivity contribution is -0.0433. The molecule has 24 heavy (non-hydrogen) atoms. The van der Waals surface area contributed by atoms with Crippen LogP contribution in [0.25, 0.3) is 0 Å². The lowest BCUT2D eigenvalue weighted by Gasteiger charge is -2.39. The van der Waals surface area contributed by atoms with Gasteiger partial charge < -0.3 is 9.47 Å². The molecule has 0 bridgehead atoms. The molecular weight excluding hydrogens is 304 g/mol. The first-order valence-electron chi connectivity index (χ1n) is 8.13. The van der Waals surface area contributed by atoms with Crippen molar-refractivity contribution in [3.63, 3.8) is 0 Å². The highest BCUT2D eigenvalue weighted by Crippen LogP contribution is 2.37. The smallest absolute Gasteiger partial charge is 0.170 e. The summed E-state index contributed by atoms with van der Waals surface area (Å²) in [5.41, 5.74) is -3.31. The highest BCUT2D eigenvalue weighted by Gasteiger charge is 2.45. The Morgan fingerprint density at radius 3 is 1.12 bits per heavy atom. The van der Waals surface area contributed by atoms with E-state index < -0.39 is 22.3 Å². The van der Waals surface area contributed by atoms with E-state index >= 15 is 0 Å². The molecule has 4 atom stereocenters. The first-order chi connectivity index (χ1) is 10.8. The predicted octanol–water partition coefficient (Wildman–Crippen LogP) is 4.13. The van der Waals surface area contributed by atoms with Crippen LogP contribution >= 0.6 is 0 Å². The fourth-order valence-electron chi connectivity index (χ4n) is 2.33. The van der Waals surface area contributed by atoms with Crippen molar-refractivity contribution in [2.75, 3.05) is 14.2 Å². The summed E-state index contributed by atoms with van der Waals surface area (Å²) in [6, 6.07) is 4.45. The lowest BCUT2D eigenvalue weighted by Crippen LogP contribution is -2.47. The van der Waals surface area contributed by atoms with Gasteiger partial charge in [0.1, 0.15) is 0 Å². The second-order valence-electron chi connectivity index (χ2n) is 7.78. The molecule has 0 aromatic rings. The summed E-state index contributed by atoms with van der Waals surface area (Å²) >= 11 is 0. The normalized spacial score (nSPS) is 20.5. The molecule has 0 aromatic carbocycles. The van der Waals surface area contributed by atoms with E-state index in [1.165, 1.54) is 0 Å². The van der Waals surface area contributed by atoms with Gasteiger partial charge in [-0.1, -0.05) is 13.8 Å². The molecule has 0 rings (SSSR count). The van der Waals surface area contributed by atoms with Gasteiger partial charge in [0.15, 0.2) is 11.1 Å². The van der Waals surface area contributed by atoms with Crippen LogP contribution in [0.2, 0.25) is 0 Å². The molecule has 0 N–H and O–H groups in total. The number of hydrogen-bond acceptors (Lipinski definition) is 6. The Bertz CT molecular complexity index is 496. The Balaban J connectivity index is 5.82. The largest absolute Gasteiger partial charge is 0.378 e. The molecule has 0 aliphatic heterocycles. The number of hydrogen-bond donors (Lipinski definition) is 0. The number of methoxy groups -OCH3 is 2. The van der Waals surface area contributed by atoms with E-state index in [-0.39, 0.29) is 11.8 Å². The van der Waals surface area contributed by atoms with Crippen molar-refractivity contribution < 1.29 is 9.47 Å². The van der Waals surface area contributed by atoms with Gasteiger partial charge in [-0.3, -0.25) is 0 Å². The van der Waals surface area contributed by atoms with E-state index in [1.54, 1.807) is 28.1 Å². The molecule has 0 aliphatic rings. The molecule has 6 heteroatoms. The standard InChI is InChI=1S/C18H32N4O2/c1-13(15(3,4)23-9)17(7,11-19)21-22-18(8,12-20)14(2)16(5,6)24-10/h13-14H,1-10H3. The maximum Gasteiger partial charge on any atom is 0.170 e. The van der Waals surface area contributed by atoms with Gasteiger partial charge in [-0.25, -0.2) is 0 Å². The average molecular weight is 336 g/mol. The van der Waals surface area contributed by atoms with E-state index in [9.17, 15) is 10.5 Å². The lowest BCUT2D eigenvalue weighted by atomic mass is 9.77. The minimum atomic E-state index is -1.10. The summed E-state index contributed by atoms with van der Waals surface area (Å²) in [4.78, 5) is 0. The summed E-state index contributed by atoms with van der Waals surface area (Å²) in [5, 5.41) is 27.9. The van der Waals surface area contributed by atoms with Crippen LogP contribution in [0, 0.1) is 34.5 Å². The molecule has 136 valence electrons. The van der Waals surface area contributed by atoms with Crippen LogP contribution in [0.15, 0.2) is 10.2 Å². The minimum absolute atomic E-state index is 0.225. The molecular formula is C18H32N4O2. The molecule has 6 nitrogen and oxygen atoms in total. The first-order valence-corrected chi connectivity index (χ1v) is 8.13. The second kappa shape index (κ2) is 7.59. The van der Waals surface area contributed by atoms with Crippen LogP contribution in [0.4, 0.5) is 0 Å². The van der Waals surface area contributed by atoms with Crippen LogP contribution in [-0.4, -0.2) is 36.5 Å². The molecule has 0 aliphatic carbocycles. The van der Waals surface area contributed by atoms with Crippen molar-refractivity contribution in [2.45, 2.75) is 77.7 Å². The molecule has 0 saturated carbocycles. The van der Waals surface area contributed by atoms with Gasteiger partial charge in [0.25, 0.3) is 0 Å². The van der Waals surface area contributed by atoms with Gasteiger partial charge in [-0.05, 0) is 41.5 Å². The zero-order valence-electron chi connectivity index (χ0n) is 16.8. The van der Waals surface area contributed by atoms with Crippen LogP contribution in [0.1, 0.15) is 55.4 Å². The van der Waals surface area contributed by atoms with E-state index in [0.29, 0.717) is 0 Å². The third-order valence-electron chi connectivity index (χ3n) is 5.74. The monoisotopic (exact) mass is 336 g/mol. The van der Waals surface area contributed by atoms with E-state index in [0.717, 1.165) is 0 Å². The van der Waals surface area contributed by atoms with E-state index in [4.69, 9.17) is 9.47 Å². The Morgan fingerprint density at radius 2 is 0.958 bits per heavy atom. The molecule has 0 heterocycles. The number of rotatable bonds is 8. The topological polar surface area (TPSA) is 90.8 Å². The second-order valence-corrected chi connectivity index (χ2v) is 7.78. The Labute approximate surface area is 146 Å². The minimum Gasteiger partial charge on any atom is -0.378 e. The van der Waals surface area contributed by atoms with Crippen molar-refractivity contribution in [2.24, 2.45) is 22.1 Å². The van der Waals surface area contributed by atoms with Gasteiger partial charge in [0, 0.05) is 26.1 Å². The Hall–Kier alpha value is -1.50. The predicted molar refractivity (Wildman–Crippen MR) is 93.4 cm³/mol. The molecule has 0 fully saturated rings. The summed E-state index contributed by atoms with van der Waals surface area (Å²) < 4.78 is 11.0. The molecule has 0 saturated heterocycles. The fraction of sp³-hybridized carbons (Fsp3) is 0.889. The molecule has 0 amide bonds. The summed E-state index contributed by atoms with van der Waals surface area (Å²) in [5.74, 6) is -0.449. The fourth-order valence-corrected chi connectivity index (χ4v) is 2.33. The highest BCUT2D eigenvalue weighted by molar-refractivity contribution is 5.14. The van der Waals surface area contributed by atoms with Crippen LogP contribution in [-0.2, 0) is 9.47 Å². The van der Waals surface area contributed by atoms with Crippen molar-refractivity contribution in [1.82, 2.24) is 0 Å². The van der Waals surface area contributed by atoms with Gasteiger partial charge in [0.05, 0.1) is 23.3 Å². The quantitative estimate of drug-likeness (QED) is 0.623. The van der Waals surface area contributed by atoms with Crippen LogP contribution < -0.4 is 0 Å². The van der Waals surface area contributed by atoms with Gasteiger partial charge >= 0.3 is 0 Å². The van der Waals surface area contributed by atoms with Gasteiger partial charge in [0.2, 0.25) is 0 Å². The Morgan fingerprint density at radius 1 is 0.708 bits per heavy atom. The molecule has 0 spiro atoms. The number of nitrogens with zero attached hydrogens (tertiary/aromatic N) is 4. The third-order valence-corrected chi connectivity index (χ3v) is 5.74. The summed E-state index contributed by atoms with van der Waals surface area (Å²) in [7, 11) is 3.21. The number of ether oxygens (including phenoxy) is 2. The summed E-state index contributed by atoms with van der Waals surface area (Å²) in [6.45, 7) is 14.9. The third kappa shape index (κ3) is 4.53. The maximum atomic E-state index is 9.66. The van der Waals surface area contributed by atoms with Crippen molar-refractivity contribution in [3.8, 4) is 12.1 Å². The summed E-state index contributed by atoms with van der Waals surface area (Å²) in [6.07, 6.45) is 0. The average Bonchev–Trinajstić information content (AvgIpc) is 2.57. The van der Waals surface area contributed by atoms with Crippen molar-refractivity contribution in [3.05, 3.63) is 0 Å². The maximum absolute atomic E-state index is 9.66. The number of azo groups is 1. The molecule has 0 aromatic heterocycles. The zero-order chi connectivity index (χ0) is 19.4. The highest BCUT2D eigenvalue weighted by atomic mass is 16.5. The van der Waals surface area contributed by atoms with E-state index in [2.05, 4.69) is 22.4 Å². The molecule has 0 radical (unpaired) electrons.